The number of aliphatic carboxylic acids is 1. The van der Waals surface area contributed by atoms with E-state index in [2.05, 4.69) is 26.6 Å². The molecule has 6 heteroatoms. The molecule has 0 aromatic heterocycles. The highest BCUT2D eigenvalue weighted by Gasteiger charge is 2.31. The quantitative estimate of drug-likeness (QED) is 0.711. The number of carboxylic acids is 1. The minimum Gasteiger partial charge on any atom is -0.480 e. The Hall–Kier alpha value is -1.40. The van der Waals surface area contributed by atoms with Crippen LogP contribution in [0.15, 0.2) is 28.7 Å². The van der Waals surface area contributed by atoms with E-state index in [1.165, 1.54) is 0 Å². The number of anilines is 1. The fourth-order valence-corrected chi connectivity index (χ4v) is 2.19. The summed E-state index contributed by atoms with van der Waals surface area (Å²) in [5.41, 5.74) is -0.424. The summed E-state index contributed by atoms with van der Waals surface area (Å²) in [6, 6.07) is 7.25. The first-order valence-electron chi connectivity index (χ1n) is 6.42. The highest BCUT2D eigenvalue weighted by Crippen LogP contribution is 2.21. The van der Waals surface area contributed by atoms with Gasteiger partial charge in [0.2, 0.25) is 5.91 Å². The third-order valence-electron chi connectivity index (χ3n) is 3.01. The molecule has 0 aliphatic rings. The Morgan fingerprint density at radius 1 is 1.35 bits per heavy atom. The largest absolute Gasteiger partial charge is 0.480 e. The summed E-state index contributed by atoms with van der Waals surface area (Å²) in [7, 11) is 0. The third-order valence-corrected chi connectivity index (χ3v) is 3.70. The molecule has 110 valence electrons. The molecule has 0 aliphatic carbocycles. The predicted molar refractivity (Wildman–Crippen MR) is 81.7 cm³/mol. The smallest absolute Gasteiger partial charge is 0.323 e. The molecule has 1 amide bonds. The maximum absolute atomic E-state index is 11.9. The highest BCUT2D eigenvalue weighted by atomic mass is 79.9. The Bertz CT molecular complexity index is 493. The van der Waals surface area contributed by atoms with E-state index in [1.54, 1.807) is 13.0 Å². The minimum absolute atomic E-state index is 0.0515. The lowest BCUT2D eigenvalue weighted by Crippen LogP contribution is -2.51. The van der Waals surface area contributed by atoms with Gasteiger partial charge >= 0.3 is 5.97 Å². The summed E-state index contributed by atoms with van der Waals surface area (Å²) < 4.78 is 0.780. The molecule has 1 rings (SSSR count). The average Bonchev–Trinajstić information content (AvgIpc) is 2.39. The fraction of sp³-hybridized carbons (Fsp3) is 0.429. The molecular formula is C14H19BrN2O3. The van der Waals surface area contributed by atoms with Crippen LogP contribution < -0.4 is 10.6 Å². The zero-order chi connectivity index (χ0) is 15.2. The van der Waals surface area contributed by atoms with Crippen molar-refractivity contribution in [2.45, 2.75) is 32.2 Å². The fourth-order valence-electron chi connectivity index (χ4n) is 1.80. The van der Waals surface area contributed by atoms with Crippen LogP contribution in [0.2, 0.25) is 0 Å². The molecule has 1 atom stereocenters. The van der Waals surface area contributed by atoms with Gasteiger partial charge in [-0.15, -0.1) is 0 Å². The number of benzene rings is 1. The van der Waals surface area contributed by atoms with Crippen molar-refractivity contribution in [3.63, 3.8) is 0 Å². The Kier molecular flexibility index (Phi) is 6.16. The topological polar surface area (TPSA) is 78.4 Å². The van der Waals surface area contributed by atoms with Gasteiger partial charge < -0.3 is 10.4 Å². The predicted octanol–water partition coefficient (Wildman–Crippen LogP) is 2.62. The molecule has 0 aliphatic heterocycles. The van der Waals surface area contributed by atoms with Crippen molar-refractivity contribution in [2.75, 3.05) is 11.9 Å². The van der Waals surface area contributed by atoms with Gasteiger partial charge in [-0.25, -0.2) is 0 Å². The number of hydrogen-bond donors (Lipinski definition) is 3. The molecule has 0 bridgehead atoms. The molecule has 1 aromatic carbocycles. The number of halogens is 1. The van der Waals surface area contributed by atoms with Gasteiger partial charge in [-0.1, -0.05) is 25.5 Å². The molecule has 0 heterocycles. The summed E-state index contributed by atoms with van der Waals surface area (Å²) >= 11 is 3.33. The van der Waals surface area contributed by atoms with Gasteiger partial charge in [-0.05, 0) is 41.4 Å². The van der Waals surface area contributed by atoms with E-state index in [4.69, 9.17) is 0 Å². The number of rotatable bonds is 7. The number of para-hydroxylation sites is 1. The van der Waals surface area contributed by atoms with Crippen LogP contribution in [0.3, 0.4) is 0 Å². The number of carboxylic acid groups (broad SMARTS) is 1. The van der Waals surface area contributed by atoms with Gasteiger partial charge in [0, 0.05) is 4.47 Å². The lowest BCUT2D eigenvalue weighted by molar-refractivity contribution is -0.144. The van der Waals surface area contributed by atoms with Crippen molar-refractivity contribution in [1.29, 1.82) is 0 Å². The number of carbonyl (C=O) groups excluding carboxylic acids is 1. The highest BCUT2D eigenvalue weighted by molar-refractivity contribution is 9.10. The molecule has 20 heavy (non-hydrogen) atoms. The first-order valence-corrected chi connectivity index (χ1v) is 7.21. The summed E-state index contributed by atoms with van der Waals surface area (Å²) in [6.45, 7) is 3.44. The standard InChI is InChI=1S/C14H19BrN2O3/c1-3-8-14(2,13(19)20)16-9-12(18)17-11-7-5-4-6-10(11)15/h4-7,16H,3,8-9H2,1-2H3,(H,17,18)(H,19,20). The van der Waals surface area contributed by atoms with E-state index in [0.717, 1.165) is 10.9 Å². The van der Waals surface area contributed by atoms with Crippen LogP contribution in [0, 0.1) is 0 Å². The van der Waals surface area contributed by atoms with Gasteiger partial charge in [0.15, 0.2) is 0 Å². The summed E-state index contributed by atoms with van der Waals surface area (Å²) in [6.07, 6.45) is 1.19. The minimum atomic E-state index is -1.08. The van der Waals surface area contributed by atoms with Crippen molar-refractivity contribution in [3.8, 4) is 0 Å². The van der Waals surface area contributed by atoms with Gasteiger partial charge in [-0.3, -0.25) is 14.9 Å². The second-order valence-corrected chi connectivity index (χ2v) is 5.62. The van der Waals surface area contributed by atoms with E-state index in [9.17, 15) is 14.7 Å². The Labute approximate surface area is 126 Å². The zero-order valence-corrected chi connectivity index (χ0v) is 13.2. The number of nitrogens with one attached hydrogen (secondary N) is 2. The normalized spacial score (nSPS) is 13.6. The Balaban J connectivity index is 2.59. The number of hydrogen-bond acceptors (Lipinski definition) is 3. The molecule has 0 fully saturated rings. The summed E-state index contributed by atoms with van der Waals surface area (Å²) in [5, 5.41) is 14.7. The first-order chi connectivity index (χ1) is 9.39. The van der Waals surface area contributed by atoms with Gasteiger partial charge in [0.05, 0.1) is 12.2 Å². The molecule has 0 spiro atoms. The maximum Gasteiger partial charge on any atom is 0.323 e. The van der Waals surface area contributed by atoms with Crippen LogP contribution in [-0.4, -0.2) is 29.1 Å². The van der Waals surface area contributed by atoms with Crippen LogP contribution in [0.1, 0.15) is 26.7 Å². The summed E-state index contributed by atoms with van der Waals surface area (Å²) in [5.74, 6) is -1.23. The lowest BCUT2D eigenvalue weighted by atomic mass is 9.96. The van der Waals surface area contributed by atoms with Crippen LogP contribution in [0.5, 0.6) is 0 Å². The van der Waals surface area contributed by atoms with E-state index < -0.39 is 11.5 Å². The third kappa shape index (κ3) is 4.61. The van der Waals surface area contributed by atoms with E-state index in [1.807, 2.05) is 25.1 Å². The van der Waals surface area contributed by atoms with Crippen molar-refractivity contribution in [2.24, 2.45) is 0 Å². The molecule has 1 unspecified atom stereocenters. The summed E-state index contributed by atoms with van der Waals surface area (Å²) in [4.78, 5) is 23.1. The van der Waals surface area contributed by atoms with E-state index in [0.29, 0.717) is 12.1 Å². The molecule has 1 aromatic rings. The van der Waals surface area contributed by atoms with Crippen LogP contribution in [0.4, 0.5) is 5.69 Å². The first kappa shape index (κ1) is 16.7. The van der Waals surface area contributed by atoms with Gasteiger partial charge in [-0.2, -0.15) is 0 Å². The van der Waals surface area contributed by atoms with Crippen molar-refractivity contribution >= 4 is 33.5 Å². The molecule has 0 radical (unpaired) electrons. The average molecular weight is 343 g/mol. The Morgan fingerprint density at radius 3 is 2.55 bits per heavy atom. The SMILES string of the molecule is CCCC(C)(NCC(=O)Nc1ccccc1Br)C(=O)O. The number of amides is 1. The lowest BCUT2D eigenvalue weighted by Gasteiger charge is -2.25. The number of carbonyl (C=O) groups is 2. The maximum atomic E-state index is 11.9. The monoisotopic (exact) mass is 342 g/mol. The van der Waals surface area contributed by atoms with Crippen LogP contribution in [-0.2, 0) is 9.59 Å². The van der Waals surface area contributed by atoms with Crippen LogP contribution in [0.25, 0.3) is 0 Å². The van der Waals surface area contributed by atoms with Crippen molar-refractivity contribution < 1.29 is 14.7 Å². The molecule has 3 N–H and O–H groups in total. The molecule has 0 saturated carbocycles. The second-order valence-electron chi connectivity index (χ2n) is 4.77. The second kappa shape index (κ2) is 7.40. The van der Waals surface area contributed by atoms with Crippen molar-refractivity contribution in [1.82, 2.24) is 5.32 Å². The van der Waals surface area contributed by atoms with E-state index in [-0.39, 0.29) is 12.5 Å². The molecule has 0 saturated heterocycles. The zero-order valence-electron chi connectivity index (χ0n) is 11.6. The Morgan fingerprint density at radius 2 is 2.00 bits per heavy atom. The van der Waals surface area contributed by atoms with Gasteiger partial charge in [0.1, 0.15) is 5.54 Å². The molecule has 5 nitrogen and oxygen atoms in total. The van der Waals surface area contributed by atoms with E-state index >= 15 is 0 Å². The molecular weight excluding hydrogens is 324 g/mol. The van der Waals surface area contributed by atoms with Crippen LogP contribution >= 0.6 is 15.9 Å². The van der Waals surface area contributed by atoms with Crippen molar-refractivity contribution in [3.05, 3.63) is 28.7 Å². The van der Waals surface area contributed by atoms with Gasteiger partial charge in [0.25, 0.3) is 0 Å².